The highest BCUT2D eigenvalue weighted by Crippen LogP contribution is 2.27. The van der Waals surface area contributed by atoms with E-state index in [9.17, 15) is 18.0 Å². The predicted octanol–water partition coefficient (Wildman–Crippen LogP) is 4.04. The van der Waals surface area contributed by atoms with E-state index in [0.29, 0.717) is 17.7 Å². The van der Waals surface area contributed by atoms with Gasteiger partial charge in [-0.1, -0.05) is 19.1 Å². The highest BCUT2D eigenvalue weighted by atomic mass is 19.2. The molecule has 2 rings (SSSR count). The largest absolute Gasteiger partial charge is 0.481 e. The van der Waals surface area contributed by atoms with Crippen LogP contribution in [-0.4, -0.2) is 11.1 Å². The number of carboxylic acids is 1. The Morgan fingerprint density at radius 1 is 1.09 bits per heavy atom. The first-order valence-electron chi connectivity index (χ1n) is 6.66. The van der Waals surface area contributed by atoms with Crippen molar-refractivity contribution in [3.63, 3.8) is 0 Å². The zero-order chi connectivity index (χ0) is 16.3. The van der Waals surface area contributed by atoms with Crippen LogP contribution in [0.25, 0.3) is 0 Å². The van der Waals surface area contributed by atoms with Crippen molar-refractivity contribution in [3.05, 3.63) is 58.9 Å². The van der Waals surface area contributed by atoms with Gasteiger partial charge in [-0.05, 0) is 35.7 Å². The van der Waals surface area contributed by atoms with Gasteiger partial charge in [-0.25, -0.2) is 13.2 Å². The van der Waals surface area contributed by atoms with Crippen LogP contribution in [0.1, 0.15) is 18.1 Å². The summed E-state index contributed by atoms with van der Waals surface area (Å²) in [5.41, 5.74) is 1.45. The fraction of sp³-hybridized carbons (Fsp3) is 0.188. The Kier molecular flexibility index (Phi) is 4.70. The second kappa shape index (κ2) is 6.51. The van der Waals surface area contributed by atoms with E-state index < -0.39 is 23.4 Å². The Balaban J connectivity index is 2.40. The maximum absolute atomic E-state index is 13.7. The summed E-state index contributed by atoms with van der Waals surface area (Å²) in [5, 5.41) is 11.6. The molecule has 0 unspecified atom stereocenters. The van der Waals surface area contributed by atoms with Crippen molar-refractivity contribution in [1.82, 2.24) is 0 Å². The van der Waals surface area contributed by atoms with Gasteiger partial charge in [-0.3, -0.25) is 4.79 Å². The van der Waals surface area contributed by atoms with Crippen LogP contribution in [0.15, 0.2) is 30.3 Å². The van der Waals surface area contributed by atoms with E-state index in [2.05, 4.69) is 5.32 Å². The van der Waals surface area contributed by atoms with Gasteiger partial charge in [0.15, 0.2) is 17.5 Å². The number of nitrogens with one attached hydrogen (secondary N) is 1. The molecule has 0 saturated heterocycles. The second-order valence-corrected chi connectivity index (χ2v) is 4.76. The minimum Gasteiger partial charge on any atom is -0.481 e. The van der Waals surface area contributed by atoms with Crippen molar-refractivity contribution in [1.29, 1.82) is 0 Å². The van der Waals surface area contributed by atoms with E-state index in [0.717, 1.165) is 17.7 Å². The summed E-state index contributed by atoms with van der Waals surface area (Å²) in [6, 6.07) is 6.90. The number of hydrogen-bond donors (Lipinski definition) is 2. The molecule has 0 aliphatic rings. The lowest BCUT2D eigenvalue weighted by Gasteiger charge is -2.13. The maximum Gasteiger partial charge on any atom is 0.307 e. The summed E-state index contributed by atoms with van der Waals surface area (Å²) in [6.45, 7) is 1.92. The normalized spacial score (nSPS) is 10.5. The standard InChI is InChI=1S/C16H14F3NO2/c1-2-9-3-5-12(10(7-9)8-14(21)22)20-13-6-4-11(17)15(18)16(13)19/h3-7,20H,2,8H2,1H3,(H,21,22). The summed E-state index contributed by atoms with van der Waals surface area (Å²) in [7, 11) is 0. The lowest BCUT2D eigenvalue weighted by molar-refractivity contribution is -0.136. The molecule has 22 heavy (non-hydrogen) atoms. The first-order chi connectivity index (χ1) is 10.4. The first kappa shape index (κ1) is 15.9. The van der Waals surface area contributed by atoms with Gasteiger partial charge in [-0.15, -0.1) is 0 Å². The second-order valence-electron chi connectivity index (χ2n) is 4.76. The summed E-state index contributed by atoms with van der Waals surface area (Å²) >= 11 is 0. The summed E-state index contributed by atoms with van der Waals surface area (Å²) in [5.74, 6) is -5.24. The fourth-order valence-electron chi connectivity index (χ4n) is 2.07. The van der Waals surface area contributed by atoms with E-state index in [1.165, 1.54) is 0 Å². The molecule has 2 aromatic rings. The zero-order valence-electron chi connectivity index (χ0n) is 11.8. The zero-order valence-corrected chi connectivity index (χ0v) is 11.8. The highest BCUT2D eigenvalue weighted by molar-refractivity contribution is 5.75. The van der Waals surface area contributed by atoms with Crippen LogP contribution in [0.2, 0.25) is 0 Å². The van der Waals surface area contributed by atoms with Gasteiger partial charge in [-0.2, -0.15) is 0 Å². The quantitative estimate of drug-likeness (QED) is 0.820. The highest BCUT2D eigenvalue weighted by Gasteiger charge is 2.15. The third-order valence-corrected chi connectivity index (χ3v) is 3.22. The summed E-state index contributed by atoms with van der Waals surface area (Å²) < 4.78 is 39.9. The molecule has 2 N–H and O–H groups in total. The van der Waals surface area contributed by atoms with Crippen LogP contribution in [-0.2, 0) is 17.6 Å². The molecule has 0 spiro atoms. The van der Waals surface area contributed by atoms with Gasteiger partial charge in [0.25, 0.3) is 0 Å². The molecule has 3 nitrogen and oxygen atoms in total. The SMILES string of the molecule is CCc1ccc(Nc2ccc(F)c(F)c2F)c(CC(=O)O)c1. The first-order valence-corrected chi connectivity index (χ1v) is 6.66. The van der Waals surface area contributed by atoms with Crippen LogP contribution in [0, 0.1) is 17.5 Å². The lowest BCUT2D eigenvalue weighted by atomic mass is 10.0. The molecule has 0 saturated carbocycles. The van der Waals surface area contributed by atoms with Crippen molar-refractivity contribution in [2.45, 2.75) is 19.8 Å². The van der Waals surface area contributed by atoms with Crippen LogP contribution in [0.5, 0.6) is 0 Å². The third kappa shape index (κ3) is 3.39. The monoisotopic (exact) mass is 309 g/mol. The Bertz CT molecular complexity index is 717. The molecule has 0 atom stereocenters. The smallest absolute Gasteiger partial charge is 0.307 e. The van der Waals surface area contributed by atoms with Gasteiger partial charge in [0.1, 0.15) is 0 Å². The molecule has 0 aliphatic heterocycles. The molecule has 0 radical (unpaired) electrons. The minimum absolute atomic E-state index is 0.255. The Labute approximate surface area is 125 Å². The number of hydrogen-bond acceptors (Lipinski definition) is 2. The van der Waals surface area contributed by atoms with Crippen molar-refractivity contribution >= 4 is 17.3 Å². The van der Waals surface area contributed by atoms with Gasteiger partial charge in [0, 0.05) is 5.69 Å². The Morgan fingerprint density at radius 3 is 2.41 bits per heavy atom. The molecule has 2 aromatic carbocycles. The summed E-state index contributed by atoms with van der Waals surface area (Å²) in [4.78, 5) is 10.9. The Morgan fingerprint density at radius 2 is 1.77 bits per heavy atom. The van der Waals surface area contributed by atoms with E-state index in [1.807, 2.05) is 6.92 Å². The molecular weight excluding hydrogens is 295 g/mol. The number of anilines is 2. The van der Waals surface area contributed by atoms with Crippen molar-refractivity contribution < 1.29 is 23.1 Å². The number of carbonyl (C=O) groups is 1. The van der Waals surface area contributed by atoms with E-state index in [4.69, 9.17) is 5.11 Å². The van der Waals surface area contributed by atoms with Crippen LogP contribution >= 0.6 is 0 Å². The van der Waals surface area contributed by atoms with E-state index >= 15 is 0 Å². The molecule has 0 amide bonds. The van der Waals surface area contributed by atoms with Crippen molar-refractivity contribution in [3.8, 4) is 0 Å². The van der Waals surface area contributed by atoms with Crippen LogP contribution < -0.4 is 5.32 Å². The Hall–Kier alpha value is -2.50. The van der Waals surface area contributed by atoms with Gasteiger partial charge < -0.3 is 10.4 Å². The topological polar surface area (TPSA) is 49.3 Å². The van der Waals surface area contributed by atoms with Gasteiger partial charge in [0.05, 0.1) is 12.1 Å². The number of halogens is 3. The predicted molar refractivity (Wildman–Crippen MR) is 76.8 cm³/mol. The molecule has 0 aromatic heterocycles. The van der Waals surface area contributed by atoms with Crippen molar-refractivity contribution in [2.75, 3.05) is 5.32 Å². The molecule has 116 valence electrons. The molecule has 0 heterocycles. The number of rotatable bonds is 5. The molecular formula is C16H14F3NO2. The van der Waals surface area contributed by atoms with Crippen LogP contribution in [0.3, 0.4) is 0 Å². The van der Waals surface area contributed by atoms with Gasteiger partial charge >= 0.3 is 5.97 Å². The minimum atomic E-state index is -1.57. The maximum atomic E-state index is 13.7. The average Bonchev–Trinajstić information content (AvgIpc) is 2.48. The number of carboxylic acid groups (broad SMARTS) is 1. The molecule has 0 bridgehead atoms. The van der Waals surface area contributed by atoms with Crippen molar-refractivity contribution in [2.24, 2.45) is 0 Å². The number of benzene rings is 2. The molecule has 0 aliphatic carbocycles. The molecule has 6 heteroatoms. The van der Waals surface area contributed by atoms with Crippen LogP contribution in [0.4, 0.5) is 24.5 Å². The lowest BCUT2D eigenvalue weighted by Crippen LogP contribution is -2.06. The fourth-order valence-corrected chi connectivity index (χ4v) is 2.07. The third-order valence-electron chi connectivity index (χ3n) is 3.22. The molecule has 0 fully saturated rings. The summed E-state index contributed by atoms with van der Waals surface area (Å²) in [6.07, 6.45) is 0.452. The number of aryl methyl sites for hydroxylation is 1. The van der Waals surface area contributed by atoms with E-state index in [-0.39, 0.29) is 12.1 Å². The number of aliphatic carboxylic acids is 1. The van der Waals surface area contributed by atoms with Gasteiger partial charge in [0.2, 0.25) is 0 Å². The average molecular weight is 309 g/mol. The van der Waals surface area contributed by atoms with E-state index in [1.54, 1.807) is 18.2 Å².